The van der Waals surface area contributed by atoms with Gasteiger partial charge >= 0.3 is 0 Å². The van der Waals surface area contributed by atoms with E-state index in [1.165, 1.54) is 22.2 Å². The van der Waals surface area contributed by atoms with Crippen molar-refractivity contribution < 1.29 is 9.84 Å². The summed E-state index contributed by atoms with van der Waals surface area (Å²) >= 11 is 3.12. The second-order valence-electron chi connectivity index (χ2n) is 6.06. The minimum absolute atomic E-state index is 0.0195. The number of hydrogen-bond donors (Lipinski definition) is 1. The third-order valence-electron chi connectivity index (χ3n) is 4.18. The van der Waals surface area contributed by atoms with E-state index in [0.717, 1.165) is 22.8 Å². The number of rotatable bonds is 10. The van der Waals surface area contributed by atoms with E-state index < -0.39 is 0 Å². The highest BCUT2D eigenvalue weighted by atomic mass is 32.2. The van der Waals surface area contributed by atoms with E-state index in [4.69, 9.17) is 14.8 Å². The quantitative estimate of drug-likeness (QED) is 0.319. The molecule has 0 saturated heterocycles. The number of fused-ring (bicyclic) bond motifs is 1. The van der Waals surface area contributed by atoms with Crippen LogP contribution in [0.5, 0.6) is 0 Å². The summed E-state index contributed by atoms with van der Waals surface area (Å²) in [6.45, 7) is 3.56. The van der Waals surface area contributed by atoms with Gasteiger partial charge in [0.15, 0.2) is 5.16 Å². The normalized spacial score (nSPS) is 11.3. The molecule has 144 valence electrons. The lowest BCUT2D eigenvalue weighted by Crippen LogP contribution is -2.24. The summed E-state index contributed by atoms with van der Waals surface area (Å²) in [6, 6.07) is 12.2. The van der Waals surface area contributed by atoms with E-state index in [9.17, 15) is 4.79 Å². The van der Waals surface area contributed by atoms with E-state index in [1.54, 1.807) is 15.9 Å². The third-order valence-corrected chi connectivity index (χ3v) is 6.29. The molecule has 0 fully saturated rings. The molecule has 0 radical (unpaired) electrons. The zero-order valence-corrected chi connectivity index (χ0v) is 17.0. The summed E-state index contributed by atoms with van der Waals surface area (Å²) in [5, 5.41) is 10.2. The molecule has 0 aliphatic carbocycles. The van der Waals surface area contributed by atoms with Crippen molar-refractivity contribution in [3.8, 4) is 0 Å². The first-order valence-corrected chi connectivity index (χ1v) is 10.9. The maximum atomic E-state index is 13.1. The first-order valence-electron chi connectivity index (χ1n) is 9.11. The number of aryl methyl sites for hydroxylation is 2. The van der Waals surface area contributed by atoms with E-state index in [2.05, 4.69) is 19.1 Å². The summed E-state index contributed by atoms with van der Waals surface area (Å²) in [7, 11) is 0. The van der Waals surface area contributed by atoms with Gasteiger partial charge in [0, 0.05) is 17.2 Å². The molecular formula is C20H24N2O3S2. The molecule has 27 heavy (non-hydrogen) atoms. The predicted octanol–water partition coefficient (Wildman–Crippen LogP) is 3.36. The summed E-state index contributed by atoms with van der Waals surface area (Å²) in [5.41, 5.74) is 1.23. The van der Waals surface area contributed by atoms with Crippen molar-refractivity contribution in [3.63, 3.8) is 0 Å². The molecule has 0 bridgehead atoms. The Balaban J connectivity index is 1.85. The summed E-state index contributed by atoms with van der Waals surface area (Å²) < 4.78 is 7.12. The smallest absolute Gasteiger partial charge is 0.262 e. The SMILES string of the molecule is CCc1cc2c(=O)n(CCc3ccccc3)c(SCCOCCO)nc2s1. The molecule has 7 heteroatoms. The Morgan fingerprint density at radius 3 is 2.81 bits per heavy atom. The zero-order chi connectivity index (χ0) is 19.1. The van der Waals surface area contributed by atoms with Gasteiger partial charge < -0.3 is 9.84 Å². The second kappa shape index (κ2) is 10.0. The van der Waals surface area contributed by atoms with Crippen LogP contribution < -0.4 is 5.56 Å². The molecule has 0 saturated carbocycles. The highest BCUT2D eigenvalue weighted by Crippen LogP contribution is 2.25. The van der Waals surface area contributed by atoms with Crippen LogP contribution in [0.25, 0.3) is 10.2 Å². The Labute approximate surface area is 167 Å². The summed E-state index contributed by atoms with van der Waals surface area (Å²) in [4.78, 5) is 19.9. The van der Waals surface area contributed by atoms with Crippen LogP contribution in [0.15, 0.2) is 46.3 Å². The number of aliphatic hydroxyl groups is 1. The van der Waals surface area contributed by atoms with E-state index in [-0.39, 0.29) is 12.2 Å². The Morgan fingerprint density at radius 2 is 2.07 bits per heavy atom. The number of hydrogen-bond acceptors (Lipinski definition) is 6. The fourth-order valence-electron chi connectivity index (χ4n) is 2.77. The molecule has 0 spiro atoms. The van der Waals surface area contributed by atoms with Crippen LogP contribution in [0, 0.1) is 0 Å². The van der Waals surface area contributed by atoms with Crippen LogP contribution in [0.4, 0.5) is 0 Å². The van der Waals surface area contributed by atoms with Crippen LogP contribution in [0.2, 0.25) is 0 Å². The van der Waals surface area contributed by atoms with E-state index in [1.807, 2.05) is 24.3 Å². The number of thioether (sulfide) groups is 1. The monoisotopic (exact) mass is 404 g/mol. The molecule has 0 amide bonds. The fraction of sp³-hybridized carbons (Fsp3) is 0.400. The largest absolute Gasteiger partial charge is 0.394 e. The maximum Gasteiger partial charge on any atom is 0.262 e. The van der Waals surface area contributed by atoms with Gasteiger partial charge in [0.05, 0.1) is 25.2 Å². The molecule has 1 N–H and O–H groups in total. The first-order chi connectivity index (χ1) is 13.2. The Bertz CT molecular complexity index is 922. The molecule has 2 aromatic heterocycles. The van der Waals surface area contributed by atoms with Crippen LogP contribution in [-0.2, 0) is 24.1 Å². The average molecular weight is 405 g/mol. The van der Waals surface area contributed by atoms with Crippen molar-refractivity contribution in [1.29, 1.82) is 0 Å². The van der Waals surface area contributed by atoms with Crippen molar-refractivity contribution >= 4 is 33.3 Å². The topological polar surface area (TPSA) is 64.3 Å². The van der Waals surface area contributed by atoms with Crippen molar-refractivity contribution in [1.82, 2.24) is 9.55 Å². The number of ether oxygens (including phenoxy) is 1. The molecule has 0 aliphatic heterocycles. The first kappa shape index (κ1) is 20.1. The fourth-order valence-corrected chi connectivity index (χ4v) is 4.66. The third kappa shape index (κ3) is 5.19. The predicted molar refractivity (Wildman–Crippen MR) is 112 cm³/mol. The maximum absolute atomic E-state index is 13.1. The Morgan fingerprint density at radius 1 is 1.26 bits per heavy atom. The van der Waals surface area contributed by atoms with Crippen molar-refractivity contribution in [3.05, 3.63) is 57.2 Å². The lowest BCUT2D eigenvalue weighted by molar-refractivity contribution is 0.103. The minimum atomic E-state index is 0.0195. The van der Waals surface area contributed by atoms with Crippen molar-refractivity contribution in [2.45, 2.75) is 31.5 Å². The van der Waals surface area contributed by atoms with Crippen LogP contribution in [-0.4, -0.2) is 40.2 Å². The van der Waals surface area contributed by atoms with Gasteiger partial charge in [0.1, 0.15) is 4.83 Å². The highest BCUT2D eigenvalue weighted by Gasteiger charge is 2.14. The number of aromatic nitrogens is 2. The lowest BCUT2D eigenvalue weighted by Gasteiger charge is -2.12. The van der Waals surface area contributed by atoms with Crippen molar-refractivity contribution in [2.24, 2.45) is 0 Å². The second-order valence-corrected chi connectivity index (χ2v) is 8.23. The van der Waals surface area contributed by atoms with Crippen LogP contribution in [0.1, 0.15) is 17.4 Å². The van der Waals surface area contributed by atoms with Gasteiger partial charge in [0.25, 0.3) is 5.56 Å². The van der Waals surface area contributed by atoms with Gasteiger partial charge in [-0.3, -0.25) is 9.36 Å². The summed E-state index contributed by atoms with van der Waals surface area (Å²) in [5.74, 6) is 0.690. The van der Waals surface area contributed by atoms with Gasteiger partial charge in [-0.1, -0.05) is 49.0 Å². The molecule has 5 nitrogen and oxygen atoms in total. The van der Waals surface area contributed by atoms with Gasteiger partial charge in [-0.05, 0) is 24.5 Å². The van der Waals surface area contributed by atoms with Crippen molar-refractivity contribution in [2.75, 3.05) is 25.6 Å². The number of nitrogens with zero attached hydrogens (tertiary/aromatic N) is 2. The molecule has 3 aromatic rings. The standard InChI is InChI=1S/C20H24N2O3S2/c1-2-16-14-17-18(27-16)21-20(26-13-12-25-11-10-23)22(19(17)24)9-8-15-6-4-3-5-7-15/h3-7,14,23H,2,8-13H2,1H3. The summed E-state index contributed by atoms with van der Waals surface area (Å²) in [6.07, 6.45) is 1.69. The van der Waals surface area contributed by atoms with E-state index >= 15 is 0 Å². The van der Waals surface area contributed by atoms with E-state index in [0.29, 0.717) is 30.9 Å². The van der Waals surface area contributed by atoms with Crippen LogP contribution in [0.3, 0.4) is 0 Å². The molecule has 3 rings (SSSR count). The van der Waals surface area contributed by atoms with Crippen LogP contribution >= 0.6 is 23.1 Å². The van der Waals surface area contributed by atoms with Gasteiger partial charge in [0.2, 0.25) is 0 Å². The molecule has 0 aliphatic rings. The van der Waals surface area contributed by atoms with Gasteiger partial charge in [-0.25, -0.2) is 4.98 Å². The molecular weight excluding hydrogens is 380 g/mol. The number of benzene rings is 1. The van der Waals surface area contributed by atoms with Gasteiger partial charge in [-0.15, -0.1) is 11.3 Å². The Hall–Kier alpha value is -1.67. The highest BCUT2D eigenvalue weighted by molar-refractivity contribution is 7.99. The number of thiophene rings is 1. The average Bonchev–Trinajstić information content (AvgIpc) is 3.12. The van der Waals surface area contributed by atoms with Gasteiger partial charge in [-0.2, -0.15) is 0 Å². The zero-order valence-electron chi connectivity index (χ0n) is 15.4. The number of aliphatic hydroxyl groups excluding tert-OH is 1. The molecule has 0 unspecified atom stereocenters. The molecule has 2 heterocycles. The minimum Gasteiger partial charge on any atom is -0.394 e. The molecule has 0 atom stereocenters. The lowest BCUT2D eigenvalue weighted by atomic mass is 10.1. The Kier molecular flexibility index (Phi) is 7.46. The molecule has 1 aromatic carbocycles.